The Hall–Kier alpha value is -1.26. The highest BCUT2D eigenvalue weighted by Crippen LogP contribution is 2.34. The van der Waals surface area contributed by atoms with Crippen molar-refractivity contribution < 1.29 is 4.39 Å². The summed E-state index contributed by atoms with van der Waals surface area (Å²) in [6.45, 7) is 6.05. The Morgan fingerprint density at radius 1 is 1.26 bits per heavy atom. The second kappa shape index (κ2) is 4.69. The van der Waals surface area contributed by atoms with Gasteiger partial charge in [-0.05, 0) is 31.5 Å². The van der Waals surface area contributed by atoms with Crippen LogP contribution in [0.3, 0.4) is 0 Å². The van der Waals surface area contributed by atoms with Crippen molar-refractivity contribution in [1.82, 2.24) is 10.3 Å². The molecular formula is C15H17FN2S. The van der Waals surface area contributed by atoms with Crippen molar-refractivity contribution in [1.29, 1.82) is 0 Å². The quantitative estimate of drug-likeness (QED) is 0.932. The number of thiazole rings is 1. The van der Waals surface area contributed by atoms with E-state index in [0.717, 1.165) is 25.2 Å². The van der Waals surface area contributed by atoms with Gasteiger partial charge in [-0.2, -0.15) is 0 Å². The summed E-state index contributed by atoms with van der Waals surface area (Å²) in [7, 11) is 0. The van der Waals surface area contributed by atoms with Crippen LogP contribution >= 0.6 is 11.3 Å². The summed E-state index contributed by atoms with van der Waals surface area (Å²) in [5.74, 6) is -0.174. The van der Waals surface area contributed by atoms with Gasteiger partial charge >= 0.3 is 0 Å². The predicted molar refractivity (Wildman–Crippen MR) is 76.2 cm³/mol. The molecule has 1 aliphatic rings. The maximum atomic E-state index is 13.1. The van der Waals surface area contributed by atoms with E-state index in [0.29, 0.717) is 0 Å². The number of benzene rings is 1. The molecule has 0 radical (unpaired) electrons. The molecule has 1 N–H and O–H groups in total. The van der Waals surface area contributed by atoms with Crippen molar-refractivity contribution in [2.75, 3.05) is 13.1 Å². The van der Waals surface area contributed by atoms with Gasteiger partial charge in [0.2, 0.25) is 0 Å². The second-order valence-corrected chi connectivity index (χ2v) is 6.60. The highest BCUT2D eigenvalue weighted by molar-refractivity contribution is 7.11. The molecule has 3 rings (SSSR count). The van der Waals surface area contributed by atoms with Crippen molar-refractivity contribution in [2.24, 2.45) is 0 Å². The topological polar surface area (TPSA) is 24.9 Å². The van der Waals surface area contributed by atoms with Crippen LogP contribution < -0.4 is 5.32 Å². The van der Waals surface area contributed by atoms with Crippen LogP contribution in [0.4, 0.5) is 4.39 Å². The number of aryl methyl sites for hydroxylation is 2. The van der Waals surface area contributed by atoms with Gasteiger partial charge in [-0.1, -0.05) is 12.1 Å². The van der Waals surface area contributed by atoms with E-state index in [2.05, 4.69) is 24.1 Å². The molecule has 4 heteroatoms. The summed E-state index contributed by atoms with van der Waals surface area (Å²) in [6.07, 6.45) is 0.935. The Kier molecular flexibility index (Phi) is 3.15. The first kappa shape index (κ1) is 12.8. The molecule has 100 valence electrons. The third kappa shape index (κ3) is 2.30. The summed E-state index contributed by atoms with van der Waals surface area (Å²) in [6, 6.07) is 6.91. The zero-order valence-corrected chi connectivity index (χ0v) is 12.0. The van der Waals surface area contributed by atoms with Crippen molar-refractivity contribution in [3.8, 4) is 0 Å². The lowest BCUT2D eigenvalue weighted by molar-refractivity contribution is 0.274. The lowest BCUT2D eigenvalue weighted by Gasteiger charge is -2.43. The highest BCUT2D eigenvalue weighted by atomic mass is 32.1. The highest BCUT2D eigenvalue weighted by Gasteiger charge is 2.39. The van der Waals surface area contributed by atoms with Gasteiger partial charge in [-0.25, -0.2) is 9.37 Å². The summed E-state index contributed by atoms with van der Waals surface area (Å²) in [4.78, 5) is 5.93. The van der Waals surface area contributed by atoms with Crippen LogP contribution in [-0.4, -0.2) is 18.1 Å². The van der Waals surface area contributed by atoms with Crippen molar-refractivity contribution in [3.63, 3.8) is 0 Å². The Morgan fingerprint density at radius 3 is 2.42 bits per heavy atom. The van der Waals surface area contributed by atoms with Crippen LogP contribution in [-0.2, 0) is 11.8 Å². The van der Waals surface area contributed by atoms with E-state index in [-0.39, 0.29) is 11.2 Å². The lowest BCUT2D eigenvalue weighted by Crippen LogP contribution is -2.58. The van der Waals surface area contributed by atoms with E-state index in [4.69, 9.17) is 0 Å². The predicted octanol–water partition coefficient (Wildman–Crippen LogP) is 2.98. The summed E-state index contributed by atoms with van der Waals surface area (Å²) in [5, 5.41) is 4.52. The standard InChI is InChI=1S/C15H17FN2S/c1-10-11(2)19-14(18-10)7-15(8-17-9-15)12-3-5-13(16)6-4-12/h3-6,17H,7-9H2,1-2H3. The average Bonchev–Trinajstić information content (AvgIpc) is 2.65. The number of hydrogen-bond acceptors (Lipinski definition) is 3. The zero-order valence-electron chi connectivity index (χ0n) is 11.2. The van der Waals surface area contributed by atoms with E-state index < -0.39 is 0 Å². The molecule has 2 aromatic rings. The fourth-order valence-corrected chi connectivity index (χ4v) is 3.64. The summed E-state index contributed by atoms with van der Waals surface area (Å²) >= 11 is 1.78. The molecule has 0 bridgehead atoms. The van der Waals surface area contributed by atoms with E-state index in [1.54, 1.807) is 23.5 Å². The molecule has 0 atom stereocenters. The SMILES string of the molecule is Cc1nc(CC2(c3ccc(F)cc3)CNC2)sc1C. The molecule has 0 amide bonds. The number of rotatable bonds is 3. The Labute approximate surface area is 116 Å². The van der Waals surface area contributed by atoms with Crippen LogP contribution in [0.5, 0.6) is 0 Å². The van der Waals surface area contributed by atoms with Crippen molar-refractivity contribution in [2.45, 2.75) is 25.7 Å². The molecule has 0 saturated carbocycles. The van der Waals surface area contributed by atoms with Crippen LogP contribution in [0.25, 0.3) is 0 Å². The molecule has 1 aromatic carbocycles. The Morgan fingerprint density at radius 2 is 1.95 bits per heavy atom. The zero-order chi connectivity index (χ0) is 13.5. The van der Waals surface area contributed by atoms with E-state index >= 15 is 0 Å². The normalized spacial score (nSPS) is 17.2. The number of nitrogens with zero attached hydrogens (tertiary/aromatic N) is 1. The molecule has 1 fully saturated rings. The van der Waals surface area contributed by atoms with E-state index in [1.165, 1.54) is 15.4 Å². The van der Waals surface area contributed by atoms with Gasteiger partial charge in [0.1, 0.15) is 5.82 Å². The number of halogens is 1. The Balaban J connectivity index is 1.89. The molecule has 1 saturated heterocycles. The molecule has 0 aliphatic carbocycles. The van der Waals surface area contributed by atoms with E-state index in [9.17, 15) is 4.39 Å². The smallest absolute Gasteiger partial charge is 0.123 e. The molecule has 1 aromatic heterocycles. The molecule has 19 heavy (non-hydrogen) atoms. The first-order chi connectivity index (χ1) is 9.09. The van der Waals surface area contributed by atoms with Gasteiger partial charge in [0.15, 0.2) is 0 Å². The maximum Gasteiger partial charge on any atom is 0.123 e. The molecular weight excluding hydrogens is 259 g/mol. The first-order valence-corrected chi connectivity index (χ1v) is 7.30. The fourth-order valence-electron chi connectivity index (χ4n) is 2.57. The minimum atomic E-state index is -0.174. The fraction of sp³-hybridized carbons (Fsp3) is 0.400. The second-order valence-electron chi connectivity index (χ2n) is 5.32. The number of nitrogens with one attached hydrogen (secondary N) is 1. The largest absolute Gasteiger partial charge is 0.315 e. The lowest BCUT2D eigenvalue weighted by atomic mass is 9.73. The van der Waals surface area contributed by atoms with Crippen molar-refractivity contribution >= 4 is 11.3 Å². The van der Waals surface area contributed by atoms with Crippen LogP contribution in [0.2, 0.25) is 0 Å². The average molecular weight is 276 g/mol. The van der Waals surface area contributed by atoms with Crippen molar-refractivity contribution in [3.05, 3.63) is 51.2 Å². The minimum Gasteiger partial charge on any atom is -0.315 e. The van der Waals surface area contributed by atoms with Gasteiger partial charge in [0, 0.05) is 29.8 Å². The third-order valence-corrected chi connectivity index (χ3v) is 5.02. The van der Waals surface area contributed by atoms with Gasteiger partial charge in [0.05, 0.1) is 10.7 Å². The monoisotopic (exact) mass is 276 g/mol. The molecule has 0 unspecified atom stereocenters. The molecule has 1 aliphatic heterocycles. The van der Waals surface area contributed by atoms with Gasteiger partial charge in [-0.3, -0.25) is 0 Å². The first-order valence-electron chi connectivity index (χ1n) is 6.49. The van der Waals surface area contributed by atoms with Gasteiger partial charge < -0.3 is 5.32 Å². The molecule has 2 nitrogen and oxygen atoms in total. The summed E-state index contributed by atoms with van der Waals surface area (Å²) < 4.78 is 13.1. The van der Waals surface area contributed by atoms with Gasteiger partial charge in [0.25, 0.3) is 0 Å². The number of aromatic nitrogens is 1. The van der Waals surface area contributed by atoms with Crippen LogP contribution in [0, 0.1) is 19.7 Å². The number of hydrogen-bond donors (Lipinski definition) is 1. The van der Waals surface area contributed by atoms with Crippen LogP contribution in [0.1, 0.15) is 21.1 Å². The maximum absolute atomic E-state index is 13.1. The minimum absolute atomic E-state index is 0.0877. The molecule has 0 spiro atoms. The van der Waals surface area contributed by atoms with Gasteiger partial charge in [-0.15, -0.1) is 11.3 Å². The molecule has 2 heterocycles. The summed E-state index contributed by atoms with van der Waals surface area (Å²) in [5.41, 5.74) is 2.42. The van der Waals surface area contributed by atoms with E-state index in [1.807, 2.05) is 12.1 Å². The third-order valence-electron chi connectivity index (χ3n) is 3.95. The van der Waals surface area contributed by atoms with Crippen LogP contribution in [0.15, 0.2) is 24.3 Å². The Bertz CT molecular complexity index is 565.